The smallest absolute Gasteiger partial charge is 0.134 e. The molecule has 1 aliphatic rings. The molecule has 6 heteroatoms. The molecule has 1 unspecified atom stereocenters. The van der Waals surface area contributed by atoms with Crippen LogP contribution in [0.25, 0.3) is 0 Å². The number of methoxy groups -OCH3 is 1. The lowest BCUT2D eigenvalue weighted by Gasteiger charge is -2.26. The number of aromatic nitrogens is 2. The van der Waals surface area contributed by atoms with Crippen molar-refractivity contribution in [3.63, 3.8) is 0 Å². The molecule has 2 rings (SSSR count). The van der Waals surface area contributed by atoms with Crippen LogP contribution in [0.2, 0.25) is 0 Å². The van der Waals surface area contributed by atoms with Gasteiger partial charge < -0.3 is 20.5 Å². The quantitative estimate of drug-likeness (QED) is 0.832. The highest BCUT2D eigenvalue weighted by Crippen LogP contribution is 2.24. The second-order valence-electron chi connectivity index (χ2n) is 4.90. The first kappa shape index (κ1) is 14.0. The molecule has 1 aromatic heterocycles. The zero-order valence-electron chi connectivity index (χ0n) is 11.8. The van der Waals surface area contributed by atoms with Gasteiger partial charge in [-0.05, 0) is 6.92 Å². The highest BCUT2D eigenvalue weighted by atomic mass is 16.5. The maximum atomic E-state index is 5.90. The van der Waals surface area contributed by atoms with Gasteiger partial charge >= 0.3 is 0 Å². The van der Waals surface area contributed by atoms with Crippen LogP contribution in [0.5, 0.6) is 0 Å². The molecule has 2 heterocycles. The number of nitrogens with zero attached hydrogens (tertiary/aromatic N) is 2. The van der Waals surface area contributed by atoms with Crippen LogP contribution in [0.3, 0.4) is 0 Å². The Kier molecular flexibility index (Phi) is 4.21. The van der Waals surface area contributed by atoms with Crippen molar-refractivity contribution in [1.29, 1.82) is 0 Å². The summed E-state index contributed by atoms with van der Waals surface area (Å²) >= 11 is 0. The van der Waals surface area contributed by atoms with E-state index in [2.05, 4.69) is 15.3 Å². The third-order valence-corrected chi connectivity index (χ3v) is 3.62. The van der Waals surface area contributed by atoms with E-state index in [9.17, 15) is 0 Å². The molecule has 0 aliphatic carbocycles. The Morgan fingerprint density at radius 1 is 1.47 bits per heavy atom. The van der Waals surface area contributed by atoms with Crippen molar-refractivity contribution < 1.29 is 9.47 Å². The van der Waals surface area contributed by atoms with Crippen LogP contribution in [-0.4, -0.2) is 42.4 Å². The predicted octanol–water partition coefficient (Wildman–Crippen LogP) is 1.15. The van der Waals surface area contributed by atoms with Gasteiger partial charge in [-0.1, -0.05) is 6.92 Å². The van der Waals surface area contributed by atoms with Gasteiger partial charge in [-0.2, -0.15) is 0 Å². The monoisotopic (exact) mass is 266 g/mol. The van der Waals surface area contributed by atoms with Crippen molar-refractivity contribution in [2.45, 2.75) is 32.3 Å². The van der Waals surface area contributed by atoms with Crippen molar-refractivity contribution in [1.82, 2.24) is 9.97 Å². The molecule has 0 bridgehead atoms. The lowest BCUT2D eigenvalue weighted by Crippen LogP contribution is -2.40. The Morgan fingerprint density at radius 3 is 2.84 bits per heavy atom. The third-order valence-electron chi connectivity index (χ3n) is 3.62. The van der Waals surface area contributed by atoms with Gasteiger partial charge in [0, 0.05) is 38.7 Å². The maximum absolute atomic E-state index is 5.90. The summed E-state index contributed by atoms with van der Waals surface area (Å²) in [6.07, 6.45) is 1.65. The zero-order valence-corrected chi connectivity index (χ0v) is 11.8. The summed E-state index contributed by atoms with van der Waals surface area (Å²) < 4.78 is 11.0. The molecule has 0 aromatic carbocycles. The second kappa shape index (κ2) is 5.71. The molecule has 1 atom stereocenters. The van der Waals surface area contributed by atoms with Crippen molar-refractivity contribution >= 4 is 11.6 Å². The summed E-state index contributed by atoms with van der Waals surface area (Å²) in [4.78, 5) is 8.72. The van der Waals surface area contributed by atoms with Crippen molar-refractivity contribution in [3.8, 4) is 0 Å². The average Bonchev–Trinajstić information content (AvgIpc) is 2.89. The molecule has 0 spiro atoms. The molecule has 0 amide bonds. The van der Waals surface area contributed by atoms with Crippen LogP contribution in [0.1, 0.15) is 24.7 Å². The van der Waals surface area contributed by atoms with Gasteiger partial charge in [-0.25, -0.2) is 9.97 Å². The minimum atomic E-state index is -0.265. The number of rotatable bonds is 5. The SMILES string of the molecule is CCc1nc(N)c(C)c(NCC2(OC)CCOC2)n1. The van der Waals surface area contributed by atoms with E-state index in [4.69, 9.17) is 15.2 Å². The van der Waals surface area contributed by atoms with Crippen LogP contribution in [-0.2, 0) is 15.9 Å². The minimum Gasteiger partial charge on any atom is -0.383 e. The van der Waals surface area contributed by atoms with Gasteiger partial charge in [0.2, 0.25) is 0 Å². The summed E-state index contributed by atoms with van der Waals surface area (Å²) in [5.74, 6) is 2.07. The van der Waals surface area contributed by atoms with Crippen LogP contribution in [0.4, 0.5) is 11.6 Å². The Morgan fingerprint density at radius 2 is 2.26 bits per heavy atom. The Bertz CT molecular complexity index is 445. The first-order valence-electron chi connectivity index (χ1n) is 6.60. The van der Waals surface area contributed by atoms with Gasteiger partial charge in [-0.3, -0.25) is 0 Å². The van der Waals surface area contributed by atoms with E-state index in [0.717, 1.165) is 36.7 Å². The molecule has 1 aliphatic heterocycles. The van der Waals surface area contributed by atoms with Gasteiger partial charge in [0.25, 0.3) is 0 Å². The molecule has 0 saturated carbocycles. The molecule has 106 valence electrons. The molecule has 19 heavy (non-hydrogen) atoms. The number of hydrogen-bond acceptors (Lipinski definition) is 6. The van der Waals surface area contributed by atoms with Gasteiger partial charge in [0.1, 0.15) is 23.1 Å². The Labute approximate surface area is 113 Å². The second-order valence-corrected chi connectivity index (χ2v) is 4.90. The molecule has 0 radical (unpaired) electrons. The van der Waals surface area contributed by atoms with E-state index >= 15 is 0 Å². The molecule has 3 N–H and O–H groups in total. The highest BCUT2D eigenvalue weighted by molar-refractivity contribution is 5.54. The Balaban J connectivity index is 2.12. The molecule has 1 fully saturated rings. The molecule has 6 nitrogen and oxygen atoms in total. The summed E-state index contributed by atoms with van der Waals surface area (Å²) in [6.45, 7) is 5.93. The number of ether oxygens (including phenoxy) is 2. The number of nitrogens with two attached hydrogens (primary N) is 1. The third kappa shape index (κ3) is 2.96. The standard InChI is InChI=1S/C13H22N4O2/c1-4-10-16-11(14)9(2)12(17-10)15-7-13(18-3)5-6-19-8-13/h4-8H2,1-3H3,(H3,14,15,16,17). The minimum absolute atomic E-state index is 0.265. The highest BCUT2D eigenvalue weighted by Gasteiger charge is 2.35. The van der Waals surface area contributed by atoms with E-state index in [0.29, 0.717) is 19.0 Å². The van der Waals surface area contributed by atoms with Crippen molar-refractivity contribution in [3.05, 3.63) is 11.4 Å². The number of hydrogen-bond donors (Lipinski definition) is 2. The fourth-order valence-corrected chi connectivity index (χ4v) is 2.12. The van der Waals surface area contributed by atoms with Crippen LogP contribution in [0, 0.1) is 6.92 Å². The van der Waals surface area contributed by atoms with E-state index in [1.807, 2.05) is 13.8 Å². The van der Waals surface area contributed by atoms with E-state index in [-0.39, 0.29) is 5.60 Å². The molecule has 1 saturated heterocycles. The van der Waals surface area contributed by atoms with E-state index < -0.39 is 0 Å². The van der Waals surface area contributed by atoms with Crippen molar-refractivity contribution in [2.24, 2.45) is 0 Å². The number of nitrogens with one attached hydrogen (secondary N) is 1. The first-order chi connectivity index (χ1) is 9.10. The summed E-state index contributed by atoms with van der Waals surface area (Å²) in [5, 5.41) is 3.33. The summed E-state index contributed by atoms with van der Waals surface area (Å²) in [5.41, 5.74) is 6.51. The van der Waals surface area contributed by atoms with Crippen molar-refractivity contribution in [2.75, 3.05) is 37.9 Å². The lowest BCUT2D eigenvalue weighted by molar-refractivity contribution is -0.00626. The molecule has 1 aromatic rings. The first-order valence-corrected chi connectivity index (χ1v) is 6.60. The van der Waals surface area contributed by atoms with E-state index in [1.165, 1.54) is 0 Å². The predicted molar refractivity (Wildman–Crippen MR) is 74.2 cm³/mol. The van der Waals surface area contributed by atoms with Gasteiger partial charge in [0.05, 0.1) is 6.61 Å². The van der Waals surface area contributed by atoms with Gasteiger partial charge in [-0.15, -0.1) is 0 Å². The topological polar surface area (TPSA) is 82.3 Å². The average molecular weight is 266 g/mol. The number of aryl methyl sites for hydroxylation is 1. The lowest BCUT2D eigenvalue weighted by atomic mass is 10.0. The number of nitrogen functional groups attached to an aromatic ring is 1. The van der Waals surface area contributed by atoms with Gasteiger partial charge in [0.15, 0.2) is 0 Å². The van der Waals surface area contributed by atoms with Crippen LogP contribution >= 0.6 is 0 Å². The maximum Gasteiger partial charge on any atom is 0.134 e. The summed E-state index contributed by atoms with van der Waals surface area (Å²) in [6, 6.07) is 0. The fourth-order valence-electron chi connectivity index (χ4n) is 2.12. The summed E-state index contributed by atoms with van der Waals surface area (Å²) in [7, 11) is 1.72. The van der Waals surface area contributed by atoms with E-state index in [1.54, 1.807) is 7.11 Å². The molecular weight excluding hydrogens is 244 g/mol. The van der Waals surface area contributed by atoms with Crippen LogP contribution in [0.15, 0.2) is 0 Å². The Hall–Kier alpha value is -1.40. The molecular formula is C13H22N4O2. The largest absolute Gasteiger partial charge is 0.383 e. The number of anilines is 2. The van der Waals surface area contributed by atoms with Crippen LogP contribution < -0.4 is 11.1 Å². The normalized spacial score (nSPS) is 22.7. The fraction of sp³-hybridized carbons (Fsp3) is 0.692. The zero-order chi connectivity index (χ0) is 13.9.